The van der Waals surface area contributed by atoms with E-state index >= 15 is 0 Å². The summed E-state index contributed by atoms with van der Waals surface area (Å²) < 4.78 is 24.0. The van der Waals surface area contributed by atoms with Crippen LogP contribution in [0.3, 0.4) is 0 Å². The van der Waals surface area contributed by atoms with Gasteiger partial charge in [0, 0.05) is 0 Å². The van der Waals surface area contributed by atoms with E-state index in [2.05, 4.69) is 10.5 Å². The zero-order chi connectivity index (χ0) is 22.3. The number of hydrazone groups is 1. The Kier molecular flexibility index (Phi) is 6.41. The molecule has 32 heavy (non-hydrogen) atoms. The van der Waals surface area contributed by atoms with Crippen molar-refractivity contribution in [2.75, 3.05) is 7.11 Å². The molecule has 0 saturated heterocycles. The SMILES string of the molecule is COc1cc2ccccc2cc1C(=O)NN=Cc1ccc(OCc2ccc(F)cc2)cc1. The van der Waals surface area contributed by atoms with E-state index in [-0.39, 0.29) is 11.7 Å². The van der Waals surface area contributed by atoms with Crippen LogP contribution in [-0.2, 0) is 6.61 Å². The van der Waals surface area contributed by atoms with Gasteiger partial charge in [0.1, 0.15) is 23.9 Å². The number of fused-ring (bicyclic) bond motifs is 1. The largest absolute Gasteiger partial charge is 0.496 e. The van der Waals surface area contributed by atoms with Crippen molar-refractivity contribution in [2.24, 2.45) is 5.10 Å². The van der Waals surface area contributed by atoms with E-state index in [0.29, 0.717) is 23.7 Å². The normalized spacial score (nSPS) is 10.9. The van der Waals surface area contributed by atoms with E-state index in [1.807, 2.05) is 42.5 Å². The quantitative estimate of drug-likeness (QED) is 0.320. The average molecular weight is 428 g/mol. The van der Waals surface area contributed by atoms with Gasteiger partial charge in [-0.1, -0.05) is 36.4 Å². The number of ether oxygens (including phenoxy) is 2. The van der Waals surface area contributed by atoms with Crippen molar-refractivity contribution in [3.63, 3.8) is 0 Å². The van der Waals surface area contributed by atoms with Gasteiger partial charge in [-0.3, -0.25) is 4.79 Å². The Balaban J connectivity index is 1.37. The summed E-state index contributed by atoms with van der Waals surface area (Å²) in [5.41, 5.74) is 4.63. The molecule has 1 amide bonds. The summed E-state index contributed by atoms with van der Waals surface area (Å²) in [6, 6.07) is 24.8. The molecule has 4 rings (SSSR count). The molecular weight excluding hydrogens is 407 g/mol. The maximum Gasteiger partial charge on any atom is 0.275 e. The fraction of sp³-hybridized carbons (Fsp3) is 0.0769. The van der Waals surface area contributed by atoms with Gasteiger partial charge in [0.2, 0.25) is 0 Å². The Morgan fingerprint density at radius 3 is 2.34 bits per heavy atom. The summed E-state index contributed by atoms with van der Waals surface area (Å²) >= 11 is 0. The Bertz CT molecular complexity index is 1250. The lowest BCUT2D eigenvalue weighted by molar-refractivity contribution is 0.0952. The van der Waals surface area contributed by atoms with Crippen molar-refractivity contribution >= 4 is 22.9 Å². The van der Waals surface area contributed by atoms with Crippen molar-refractivity contribution in [3.8, 4) is 11.5 Å². The molecule has 0 unspecified atom stereocenters. The first-order valence-electron chi connectivity index (χ1n) is 10.00. The molecule has 0 saturated carbocycles. The molecule has 5 nitrogen and oxygen atoms in total. The molecule has 0 aliphatic carbocycles. The molecule has 0 atom stereocenters. The molecule has 6 heteroatoms. The number of benzene rings is 4. The minimum Gasteiger partial charge on any atom is -0.496 e. The van der Waals surface area contributed by atoms with Crippen LogP contribution < -0.4 is 14.9 Å². The Morgan fingerprint density at radius 2 is 1.66 bits per heavy atom. The van der Waals surface area contributed by atoms with E-state index in [4.69, 9.17) is 9.47 Å². The number of hydrogen-bond donors (Lipinski definition) is 1. The highest BCUT2D eigenvalue weighted by Gasteiger charge is 2.13. The number of rotatable bonds is 7. The summed E-state index contributed by atoms with van der Waals surface area (Å²) in [4.78, 5) is 12.6. The molecule has 0 aliphatic heterocycles. The second kappa shape index (κ2) is 9.75. The topological polar surface area (TPSA) is 59.9 Å². The molecule has 0 aliphatic rings. The first-order valence-corrected chi connectivity index (χ1v) is 10.00. The van der Waals surface area contributed by atoms with Crippen LogP contribution in [0.1, 0.15) is 21.5 Å². The maximum absolute atomic E-state index is 13.0. The van der Waals surface area contributed by atoms with Crippen molar-refractivity contribution in [2.45, 2.75) is 6.61 Å². The van der Waals surface area contributed by atoms with E-state index < -0.39 is 0 Å². The van der Waals surface area contributed by atoms with Gasteiger partial charge in [-0.25, -0.2) is 9.82 Å². The number of nitrogens with one attached hydrogen (secondary N) is 1. The highest BCUT2D eigenvalue weighted by molar-refractivity contribution is 6.01. The maximum atomic E-state index is 13.0. The van der Waals surface area contributed by atoms with Gasteiger partial charge >= 0.3 is 0 Å². The van der Waals surface area contributed by atoms with Gasteiger partial charge in [0.15, 0.2) is 0 Å². The molecule has 0 heterocycles. The number of hydrogen-bond acceptors (Lipinski definition) is 4. The number of methoxy groups -OCH3 is 1. The average Bonchev–Trinajstić information content (AvgIpc) is 2.83. The van der Waals surface area contributed by atoms with Crippen LogP contribution in [0.2, 0.25) is 0 Å². The van der Waals surface area contributed by atoms with Crippen molar-refractivity contribution in [1.29, 1.82) is 0 Å². The fourth-order valence-electron chi connectivity index (χ4n) is 3.19. The van der Waals surface area contributed by atoms with Crippen molar-refractivity contribution in [3.05, 3.63) is 107 Å². The van der Waals surface area contributed by atoms with Gasteiger partial charge in [0.25, 0.3) is 5.91 Å². The van der Waals surface area contributed by atoms with Crippen LogP contribution in [0, 0.1) is 5.82 Å². The zero-order valence-electron chi connectivity index (χ0n) is 17.4. The Labute approximate surface area is 185 Å². The Morgan fingerprint density at radius 1 is 0.969 bits per heavy atom. The Hall–Kier alpha value is -4.19. The van der Waals surface area contributed by atoms with Crippen LogP contribution in [0.15, 0.2) is 90.0 Å². The molecule has 0 fully saturated rings. The van der Waals surface area contributed by atoms with Crippen LogP contribution in [-0.4, -0.2) is 19.2 Å². The summed E-state index contributed by atoms with van der Waals surface area (Å²) in [5, 5.41) is 5.98. The molecule has 0 aromatic heterocycles. The molecule has 1 N–H and O–H groups in total. The summed E-state index contributed by atoms with van der Waals surface area (Å²) in [6.45, 7) is 0.345. The zero-order valence-corrected chi connectivity index (χ0v) is 17.4. The van der Waals surface area contributed by atoms with Gasteiger partial charge in [-0.15, -0.1) is 0 Å². The lowest BCUT2D eigenvalue weighted by Gasteiger charge is -2.09. The molecular formula is C26H21FN2O3. The predicted octanol–water partition coefficient (Wildman–Crippen LogP) is 5.33. The number of halogens is 1. The monoisotopic (exact) mass is 428 g/mol. The van der Waals surface area contributed by atoms with Crippen molar-refractivity contribution < 1.29 is 18.7 Å². The smallest absolute Gasteiger partial charge is 0.275 e. The van der Waals surface area contributed by atoms with Crippen molar-refractivity contribution in [1.82, 2.24) is 5.43 Å². The number of nitrogens with zero attached hydrogens (tertiary/aromatic N) is 1. The third kappa shape index (κ3) is 5.10. The molecule has 0 bridgehead atoms. The number of carbonyl (C=O) groups is 1. The highest BCUT2D eigenvalue weighted by Crippen LogP contribution is 2.25. The van der Waals surface area contributed by atoms with E-state index in [1.54, 1.807) is 36.5 Å². The number of carbonyl (C=O) groups excluding carboxylic acids is 1. The molecule has 4 aromatic carbocycles. The molecule has 160 valence electrons. The predicted molar refractivity (Wildman–Crippen MR) is 123 cm³/mol. The molecule has 0 spiro atoms. The van der Waals surface area contributed by atoms with Gasteiger partial charge in [-0.2, -0.15) is 5.10 Å². The van der Waals surface area contributed by atoms with Crippen LogP contribution in [0.4, 0.5) is 4.39 Å². The van der Waals surface area contributed by atoms with E-state index in [1.165, 1.54) is 19.2 Å². The first kappa shape index (κ1) is 21.1. The van der Waals surface area contributed by atoms with Crippen LogP contribution in [0.25, 0.3) is 10.8 Å². The summed E-state index contributed by atoms with van der Waals surface area (Å²) in [5.74, 6) is 0.530. The van der Waals surface area contributed by atoms with Gasteiger partial charge in [0.05, 0.1) is 18.9 Å². The van der Waals surface area contributed by atoms with E-state index in [9.17, 15) is 9.18 Å². The lowest BCUT2D eigenvalue weighted by atomic mass is 10.1. The molecule has 4 aromatic rings. The van der Waals surface area contributed by atoms with Crippen LogP contribution in [0.5, 0.6) is 11.5 Å². The number of amides is 1. The fourth-order valence-corrected chi connectivity index (χ4v) is 3.19. The third-order valence-electron chi connectivity index (χ3n) is 4.89. The lowest BCUT2D eigenvalue weighted by Crippen LogP contribution is -2.18. The molecule has 0 radical (unpaired) electrons. The second-order valence-electron chi connectivity index (χ2n) is 7.08. The second-order valence-corrected chi connectivity index (χ2v) is 7.08. The van der Waals surface area contributed by atoms with Crippen LogP contribution >= 0.6 is 0 Å². The summed E-state index contributed by atoms with van der Waals surface area (Å²) in [6.07, 6.45) is 1.55. The minimum absolute atomic E-state index is 0.274. The third-order valence-corrected chi connectivity index (χ3v) is 4.89. The first-order chi connectivity index (χ1) is 15.6. The van der Waals surface area contributed by atoms with Gasteiger partial charge < -0.3 is 9.47 Å². The van der Waals surface area contributed by atoms with Gasteiger partial charge in [-0.05, 0) is 70.4 Å². The minimum atomic E-state index is -0.358. The van der Waals surface area contributed by atoms with E-state index in [0.717, 1.165) is 21.9 Å². The highest BCUT2D eigenvalue weighted by atomic mass is 19.1. The standard InChI is InChI=1S/C26H21FN2O3/c1-31-25-15-21-5-3-2-4-20(21)14-24(25)26(30)29-28-16-18-8-12-23(13-9-18)32-17-19-6-10-22(27)11-7-19/h2-16H,17H2,1H3,(H,29,30). The summed E-state index contributed by atoms with van der Waals surface area (Å²) in [7, 11) is 1.53.